The number of anilines is 1. The van der Waals surface area contributed by atoms with Gasteiger partial charge in [-0.2, -0.15) is 0 Å². The predicted molar refractivity (Wildman–Crippen MR) is 85.5 cm³/mol. The lowest BCUT2D eigenvalue weighted by atomic mass is 9.90. The van der Waals surface area contributed by atoms with Gasteiger partial charge in [0, 0.05) is 12.6 Å². The summed E-state index contributed by atoms with van der Waals surface area (Å²) in [6.07, 6.45) is 2.75. The second-order valence-electron chi connectivity index (χ2n) is 5.89. The first-order valence-corrected chi connectivity index (χ1v) is 9.28. The number of para-hydroxylation sites is 1. The van der Waals surface area contributed by atoms with Gasteiger partial charge in [0.05, 0.1) is 21.9 Å². The van der Waals surface area contributed by atoms with Gasteiger partial charge in [0.25, 0.3) is 0 Å². The second-order valence-corrected chi connectivity index (χ2v) is 8.13. The SMILES string of the molecule is CCC1(C)CC(Nc2ccccc2S(=O)(=O)CC)CCO1. The van der Waals surface area contributed by atoms with E-state index in [2.05, 4.69) is 19.2 Å². The molecule has 0 saturated carbocycles. The van der Waals surface area contributed by atoms with Crippen molar-refractivity contribution in [3.63, 3.8) is 0 Å². The van der Waals surface area contributed by atoms with Crippen molar-refractivity contribution in [2.24, 2.45) is 0 Å². The van der Waals surface area contributed by atoms with Crippen molar-refractivity contribution in [1.29, 1.82) is 0 Å². The first-order valence-electron chi connectivity index (χ1n) is 7.62. The summed E-state index contributed by atoms with van der Waals surface area (Å²) in [4.78, 5) is 0.400. The van der Waals surface area contributed by atoms with Crippen LogP contribution in [0.2, 0.25) is 0 Å². The van der Waals surface area contributed by atoms with E-state index >= 15 is 0 Å². The van der Waals surface area contributed by atoms with Crippen molar-refractivity contribution in [1.82, 2.24) is 0 Å². The number of ether oxygens (including phenoxy) is 1. The molecule has 1 saturated heterocycles. The Kier molecular flexibility index (Phi) is 4.94. The van der Waals surface area contributed by atoms with Crippen LogP contribution in [-0.4, -0.2) is 32.4 Å². The molecule has 2 atom stereocenters. The summed E-state index contributed by atoms with van der Waals surface area (Å²) in [7, 11) is -3.21. The summed E-state index contributed by atoms with van der Waals surface area (Å²) >= 11 is 0. The van der Waals surface area contributed by atoms with Crippen LogP contribution in [0.5, 0.6) is 0 Å². The summed E-state index contributed by atoms with van der Waals surface area (Å²) in [5.41, 5.74) is 0.596. The molecule has 0 aliphatic carbocycles. The van der Waals surface area contributed by atoms with Crippen LogP contribution in [-0.2, 0) is 14.6 Å². The van der Waals surface area contributed by atoms with Crippen LogP contribution < -0.4 is 5.32 Å². The molecule has 21 heavy (non-hydrogen) atoms. The Labute approximate surface area is 127 Å². The lowest BCUT2D eigenvalue weighted by Gasteiger charge is -2.38. The molecule has 1 aliphatic rings. The molecule has 2 rings (SSSR count). The summed E-state index contributed by atoms with van der Waals surface area (Å²) in [6, 6.07) is 7.42. The van der Waals surface area contributed by atoms with E-state index in [1.165, 1.54) is 0 Å². The topological polar surface area (TPSA) is 55.4 Å². The molecule has 4 nitrogen and oxygen atoms in total. The molecular weight excluding hydrogens is 286 g/mol. The average molecular weight is 311 g/mol. The Morgan fingerprint density at radius 1 is 1.33 bits per heavy atom. The Bertz CT molecular complexity index is 585. The number of rotatable bonds is 5. The molecule has 0 radical (unpaired) electrons. The smallest absolute Gasteiger partial charge is 0.180 e. The molecule has 1 N–H and O–H groups in total. The van der Waals surface area contributed by atoms with E-state index < -0.39 is 9.84 Å². The molecule has 5 heteroatoms. The molecule has 0 amide bonds. The van der Waals surface area contributed by atoms with Crippen molar-refractivity contribution < 1.29 is 13.2 Å². The van der Waals surface area contributed by atoms with Crippen molar-refractivity contribution in [3.05, 3.63) is 24.3 Å². The quantitative estimate of drug-likeness (QED) is 0.907. The van der Waals surface area contributed by atoms with Crippen LogP contribution in [0.4, 0.5) is 5.69 Å². The number of sulfone groups is 1. The third kappa shape index (κ3) is 3.77. The number of benzene rings is 1. The van der Waals surface area contributed by atoms with Gasteiger partial charge in [-0.05, 0) is 38.3 Å². The largest absolute Gasteiger partial charge is 0.381 e. The lowest BCUT2D eigenvalue weighted by molar-refractivity contribution is -0.0709. The van der Waals surface area contributed by atoms with Crippen molar-refractivity contribution in [3.8, 4) is 0 Å². The normalized spacial score (nSPS) is 26.5. The summed E-state index contributed by atoms with van der Waals surface area (Å²) < 4.78 is 30.2. The minimum Gasteiger partial charge on any atom is -0.381 e. The third-order valence-corrected chi connectivity index (χ3v) is 6.09. The van der Waals surface area contributed by atoms with Crippen molar-refractivity contribution in [2.75, 3.05) is 17.7 Å². The molecule has 1 aromatic rings. The molecule has 1 fully saturated rings. The van der Waals surface area contributed by atoms with Gasteiger partial charge in [-0.1, -0.05) is 26.0 Å². The molecule has 0 bridgehead atoms. The fourth-order valence-corrected chi connectivity index (χ4v) is 3.79. The highest BCUT2D eigenvalue weighted by Crippen LogP contribution is 2.31. The van der Waals surface area contributed by atoms with Crippen LogP contribution in [0.25, 0.3) is 0 Å². The van der Waals surface area contributed by atoms with E-state index in [0.717, 1.165) is 19.3 Å². The van der Waals surface area contributed by atoms with Crippen LogP contribution >= 0.6 is 0 Å². The average Bonchev–Trinajstić information content (AvgIpc) is 2.48. The number of hydrogen-bond donors (Lipinski definition) is 1. The Hall–Kier alpha value is -1.07. The maximum atomic E-state index is 12.2. The van der Waals surface area contributed by atoms with E-state index in [4.69, 9.17) is 4.74 Å². The van der Waals surface area contributed by atoms with Gasteiger partial charge in [-0.25, -0.2) is 8.42 Å². The highest BCUT2D eigenvalue weighted by atomic mass is 32.2. The zero-order chi connectivity index (χ0) is 15.5. The summed E-state index contributed by atoms with van der Waals surface area (Å²) in [6.45, 7) is 6.63. The monoisotopic (exact) mass is 311 g/mol. The molecule has 0 spiro atoms. The summed E-state index contributed by atoms with van der Waals surface area (Å²) in [5.74, 6) is 0.117. The standard InChI is InChI=1S/C16H25NO3S/c1-4-16(3)12-13(10-11-20-16)17-14-8-6-7-9-15(14)21(18,19)5-2/h6-9,13,17H,4-5,10-12H2,1-3H3. The molecule has 1 heterocycles. The van der Waals surface area contributed by atoms with E-state index in [-0.39, 0.29) is 17.4 Å². The maximum Gasteiger partial charge on any atom is 0.180 e. The highest BCUT2D eigenvalue weighted by molar-refractivity contribution is 7.91. The van der Waals surface area contributed by atoms with Crippen LogP contribution in [0, 0.1) is 0 Å². The van der Waals surface area contributed by atoms with Gasteiger partial charge in [0.15, 0.2) is 9.84 Å². The highest BCUT2D eigenvalue weighted by Gasteiger charge is 2.32. The van der Waals surface area contributed by atoms with Gasteiger partial charge >= 0.3 is 0 Å². The van der Waals surface area contributed by atoms with E-state index in [1.54, 1.807) is 19.1 Å². The molecule has 1 aliphatic heterocycles. The molecular formula is C16H25NO3S. The fourth-order valence-electron chi connectivity index (χ4n) is 2.73. The summed E-state index contributed by atoms with van der Waals surface area (Å²) in [5, 5.41) is 3.42. The Morgan fingerprint density at radius 3 is 2.71 bits per heavy atom. The van der Waals surface area contributed by atoms with Gasteiger partial charge in [-0.3, -0.25) is 0 Å². The van der Waals surface area contributed by atoms with Gasteiger partial charge in [0.2, 0.25) is 0 Å². The predicted octanol–water partition coefficient (Wildman–Crippen LogP) is 3.24. The Morgan fingerprint density at radius 2 is 2.05 bits per heavy atom. The Balaban J connectivity index is 2.21. The van der Waals surface area contributed by atoms with Crippen LogP contribution in [0.15, 0.2) is 29.2 Å². The minimum absolute atomic E-state index is 0.117. The molecule has 118 valence electrons. The van der Waals surface area contributed by atoms with E-state index in [9.17, 15) is 8.42 Å². The minimum atomic E-state index is -3.21. The van der Waals surface area contributed by atoms with Crippen LogP contribution in [0.3, 0.4) is 0 Å². The first kappa shape index (κ1) is 16.3. The molecule has 0 aromatic heterocycles. The van der Waals surface area contributed by atoms with Crippen LogP contribution in [0.1, 0.15) is 40.0 Å². The van der Waals surface area contributed by atoms with Gasteiger partial charge < -0.3 is 10.1 Å². The fraction of sp³-hybridized carbons (Fsp3) is 0.625. The lowest BCUT2D eigenvalue weighted by Crippen LogP contribution is -2.42. The van der Waals surface area contributed by atoms with E-state index in [0.29, 0.717) is 17.2 Å². The van der Waals surface area contributed by atoms with Gasteiger partial charge in [-0.15, -0.1) is 0 Å². The first-order chi connectivity index (χ1) is 9.90. The number of nitrogens with one attached hydrogen (secondary N) is 1. The van der Waals surface area contributed by atoms with Gasteiger partial charge in [0.1, 0.15) is 0 Å². The molecule has 2 unspecified atom stereocenters. The third-order valence-electron chi connectivity index (χ3n) is 4.30. The molecule has 1 aromatic carbocycles. The number of hydrogen-bond acceptors (Lipinski definition) is 4. The zero-order valence-electron chi connectivity index (χ0n) is 13.1. The van der Waals surface area contributed by atoms with Crippen molar-refractivity contribution in [2.45, 2.75) is 56.6 Å². The van der Waals surface area contributed by atoms with E-state index in [1.807, 2.05) is 12.1 Å². The maximum absolute atomic E-state index is 12.2. The second kappa shape index (κ2) is 6.36. The van der Waals surface area contributed by atoms with Crippen molar-refractivity contribution >= 4 is 15.5 Å². The zero-order valence-corrected chi connectivity index (χ0v) is 13.9.